The van der Waals surface area contributed by atoms with E-state index in [4.69, 9.17) is 4.74 Å². The molecule has 0 aliphatic rings. The topological polar surface area (TPSA) is 111 Å². The van der Waals surface area contributed by atoms with Crippen LogP contribution in [0.1, 0.15) is 10.4 Å². The molecule has 2 N–H and O–H groups in total. The van der Waals surface area contributed by atoms with Crippen LogP contribution < -0.4 is 14.8 Å². The Bertz CT molecular complexity index is 1250. The Morgan fingerprint density at radius 1 is 0.824 bits per heavy atom. The first-order valence-electron chi connectivity index (χ1n) is 9.52. The minimum atomic E-state index is -4.83. The molecule has 12 heteroatoms. The largest absolute Gasteiger partial charge is 0.573 e. The maximum absolute atomic E-state index is 12.4. The minimum absolute atomic E-state index is 0.0140. The Labute approximate surface area is 192 Å². The quantitative estimate of drug-likeness (QED) is 0.455. The van der Waals surface area contributed by atoms with Gasteiger partial charge in [-0.1, -0.05) is 18.2 Å². The Balaban J connectivity index is 1.52. The molecule has 178 valence electrons. The van der Waals surface area contributed by atoms with Crippen LogP contribution in [0.3, 0.4) is 0 Å². The van der Waals surface area contributed by atoms with E-state index in [0.29, 0.717) is 5.69 Å². The molecule has 3 rings (SSSR count). The lowest BCUT2D eigenvalue weighted by atomic mass is 10.2. The summed E-state index contributed by atoms with van der Waals surface area (Å²) >= 11 is 0. The van der Waals surface area contributed by atoms with E-state index in [9.17, 15) is 31.2 Å². The van der Waals surface area contributed by atoms with E-state index in [-0.39, 0.29) is 16.1 Å². The summed E-state index contributed by atoms with van der Waals surface area (Å²) in [5.41, 5.74) is 0.552. The molecule has 0 saturated carbocycles. The van der Waals surface area contributed by atoms with Gasteiger partial charge in [-0.3, -0.25) is 9.52 Å². The molecule has 34 heavy (non-hydrogen) atoms. The number of sulfonamides is 1. The summed E-state index contributed by atoms with van der Waals surface area (Å²) in [5.74, 6) is -2.06. The van der Waals surface area contributed by atoms with Gasteiger partial charge >= 0.3 is 12.3 Å². The van der Waals surface area contributed by atoms with Crippen LogP contribution in [0, 0.1) is 0 Å². The van der Waals surface area contributed by atoms with Gasteiger partial charge in [-0.2, -0.15) is 0 Å². The molecule has 0 saturated heterocycles. The Hall–Kier alpha value is -4.06. The number of halogens is 3. The first kappa shape index (κ1) is 24.6. The molecule has 8 nitrogen and oxygen atoms in total. The molecule has 0 fully saturated rings. The Morgan fingerprint density at radius 3 is 2.03 bits per heavy atom. The Morgan fingerprint density at radius 2 is 1.44 bits per heavy atom. The van der Waals surface area contributed by atoms with Crippen molar-refractivity contribution in [3.63, 3.8) is 0 Å². The zero-order valence-corrected chi connectivity index (χ0v) is 18.0. The number of anilines is 2. The van der Waals surface area contributed by atoms with Crippen molar-refractivity contribution in [2.75, 3.05) is 16.6 Å². The Kier molecular flexibility index (Phi) is 7.41. The number of esters is 1. The van der Waals surface area contributed by atoms with Crippen molar-refractivity contribution in [2.45, 2.75) is 11.3 Å². The van der Waals surface area contributed by atoms with Gasteiger partial charge in [0.1, 0.15) is 5.75 Å². The van der Waals surface area contributed by atoms with E-state index < -0.39 is 40.6 Å². The molecule has 0 aliphatic heterocycles. The van der Waals surface area contributed by atoms with E-state index >= 15 is 0 Å². The van der Waals surface area contributed by atoms with Crippen molar-refractivity contribution in [2.24, 2.45) is 0 Å². The molecule has 0 bridgehead atoms. The van der Waals surface area contributed by atoms with E-state index in [2.05, 4.69) is 14.8 Å². The molecule has 0 radical (unpaired) electrons. The second-order valence-corrected chi connectivity index (χ2v) is 8.37. The van der Waals surface area contributed by atoms with Crippen molar-refractivity contribution in [3.8, 4) is 5.75 Å². The predicted octanol–water partition coefficient (Wildman–Crippen LogP) is 4.18. The molecule has 0 spiro atoms. The van der Waals surface area contributed by atoms with Crippen LogP contribution in [0.5, 0.6) is 5.75 Å². The van der Waals surface area contributed by atoms with Crippen LogP contribution >= 0.6 is 0 Å². The third-order valence-corrected chi connectivity index (χ3v) is 5.53. The average Bonchev–Trinajstić information content (AvgIpc) is 2.78. The first-order chi connectivity index (χ1) is 16.0. The van der Waals surface area contributed by atoms with Gasteiger partial charge in [0.15, 0.2) is 6.61 Å². The summed E-state index contributed by atoms with van der Waals surface area (Å²) in [4.78, 5) is 24.0. The van der Waals surface area contributed by atoms with Crippen LogP contribution in [0.4, 0.5) is 24.5 Å². The van der Waals surface area contributed by atoms with Crippen molar-refractivity contribution in [1.29, 1.82) is 0 Å². The number of ether oxygens (including phenoxy) is 2. The fourth-order valence-electron chi connectivity index (χ4n) is 2.64. The van der Waals surface area contributed by atoms with Crippen molar-refractivity contribution in [3.05, 3.63) is 84.4 Å². The van der Waals surface area contributed by atoms with E-state index in [1.807, 2.05) is 0 Å². The summed E-state index contributed by atoms with van der Waals surface area (Å²) < 4.78 is 72.3. The number of amides is 1. The molecule has 3 aromatic carbocycles. The highest BCUT2D eigenvalue weighted by Gasteiger charge is 2.31. The van der Waals surface area contributed by atoms with Gasteiger partial charge in [0.25, 0.3) is 15.9 Å². The fourth-order valence-corrected chi connectivity index (χ4v) is 3.70. The van der Waals surface area contributed by atoms with Crippen LogP contribution in [0.25, 0.3) is 0 Å². The SMILES string of the molecule is O=C(COC(=O)c1ccc(S(=O)(=O)Nc2ccccc2)cc1)Nc1ccc(OC(F)(F)F)cc1. The highest BCUT2D eigenvalue weighted by molar-refractivity contribution is 7.92. The summed E-state index contributed by atoms with van der Waals surface area (Å²) in [6.45, 7) is -0.671. The van der Waals surface area contributed by atoms with Gasteiger partial charge in [-0.05, 0) is 60.7 Å². The number of nitrogens with one attached hydrogen (secondary N) is 2. The number of carbonyl (C=O) groups excluding carboxylic acids is 2. The van der Waals surface area contributed by atoms with Gasteiger partial charge in [-0.15, -0.1) is 13.2 Å². The molecular weight excluding hydrogens is 477 g/mol. The van der Waals surface area contributed by atoms with Gasteiger partial charge < -0.3 is 14.8 Å². The molecule has 0 aromatic heterocycles. The number of carbonyl (C=O) groups is 2. The fraction of sp³-hybridized carbons (Fsp3) is 0.0909. The van der Waals surface area contributed by atoms with Gasteiger partial charge in [0, 0.05) is 11.4 Å². The maximum Gasteiger partial charge on any atom is 0.573 e. The summed E-state index contributed by atoms with van der Waals surface area (Å²) in [6.07, 6.45) is -4.83. The summed E-state index contributed by atoms with van der Waals surface area (Å²) in [7, 11) is -3.87. The van der Waals surface area contributed by atoms with Gasteiger partial charge in [0.05, 0.1) is 10.5 Å². The average molecular weight is 494 g/mol. The first-order valence-corrected chi connectivity index (χ1v) is 11.0. The van der Waals surface area contributed by atoms with E-state index in [0.717, 1.165) is 12.1 Å². The molecule has 0 unspecified atom stereocenters. The molecular formula is C22H17F3N2O6S. The smallest absolute Gasteiger partial charge is 0.452 e. The molecule has 1 amide bonds. The highest BCUT2D eigenvalue weighted by atomic mass is 32.2. The standard InChI is InChI=1S/C22H17F3N2O6S/c23-22(24,25)33-18-10-8-16(9-11-18)26-20(28)14-32-21(29)15-6-12-19(13-7-15)34(30,31)27-17-4-2-1-3-5-17/h1-13,27H,14H2,(H,26,28). The minimum Gasteiger partial charge on any atom is -0.452 e. The summed E-state index contributed by atoms with van der Waals surface area (Å²) in [6, 6.07) is 17.5. The molecule has 0 aliphatic carbocycles. The zero-order chi connectivity index (χ0) is 24.8. The maximum atomic E-state index is 12.4. The number of hydrogen-bond donors (Lipinski definition) is 2. The number of hydrogen-bond acceptors (Lipinski definition) is 6. The van der Waals surface area contributed by atoms with Crippen molar-refractivity contribution >= 4 is 33.3 Å². The van der Waals surface area contributed by atoms with Crippen LogP contribution in [-0.4, -0.2) is 33.3 Å². The van der Waals surface area contributed by atoms with Crippen LogP contribution in [0.2, 0.25) is 0 Å². The van der Waals surface area contributed by atoms with Gasteiger partial charge in [0.2, 0.25) is 0 Å². The molecule has 0 heterocycles. The molecule has 0 atom stereocenters. The van der Waals surface area contributed by atoms with Crippen LogP contribution in [0.15, 0.2) is 83.8 Å². The second kappa shape index (κ2) is 10.3. The zero-order valence-electron chi connectivity index (χ0n) is 17.2. The highest BCUT2D eigenvalue weighted by Crippen LogP contribution is 2.24. The normalized spacial score (nSPS) is 11.4. The number of para-hydroxylation sites is 1. The van der Waals surface area contributed by atoms with E-state index in [1.54, 1.807) is 30.3 Å². The third-order valence-electron chi connectivity index (χ3n) is 4.13. The third kappa shape index (κ3) is 7.24. The lowest BCUT2D eigenvalue weighted by Crippen LogP contribution is -2.21. The summed E-state index contributed by atoms with van der Waals surface area (Å²) in [5, 5.41) is 2.35. The monoisotopic (exact) mass is 494 g/mol. The number of benzene rings is 3. The van der Waals surface area contributed by atoms with Crippen molar-refractivity contribution < 1.29 is 40.7 Å². The number of alkyl halides is 3. The second-order valence-electron chi connectivity index (χ2n) is 6.69. The number of rotatable bonds is 8. The predicted molar refractivity (Wildman–Crippen MR) is 116 cm³/mol. The van der Waals surface area contributed by atoms with Crippen molar-refractivity contribution in [1.82, 2.24) is 0 Å². The van der Waals surface area contributed by atoms with E-state index in [1.165, 1.54) is 36.4 Å². The lowest BCUT2D eigenvalue weighted by Gasteiger charge is -2.10. The molecule has 3 aromatic rings. The van der Waals surface area contributed by atoms with Crippen LogP contribution in [-0.2, 0) is 19.6 Å². The van der Waals surface area contributed by atoms with Gasteiger partial charge in [-0.25, -0.2) is 13.2 Å². The lowest BCUT2D eigenvalue weighted by molar-refractivity contribution is -0.274.